The summed E-state index contributed by atoms with van der Waals surface area (Å²) in [7, 11) is 1.26. The Bertz CT molecular complexity index is 1490. The van der Waals surface area contributed by atoms with Gasteiger partial charge in [-0.25, -0.2) is 4.39 Å². The van der Waals surface area contributed by atoms with Crippen LogP contribution in [-0.2, 0) is 16.0 Å². The van der Waals surface area contributed by atoms with E-state index in [1.54, 1.807) is 18.2 Å². The summed E-state index contributed by atoms with van der Waals surface area (Å²) in [4.78, 5) is 11.5. The number of ether oxygens (including phenoxy) is 1. The van der Waals surface area contributed by atoms with E-state index in [4.69, 9.17) is 0 Å². The molecule has 0 aliphatic heterocycles. The van der Waals surface area contributed by atoms with Crippen molar-refractivity contribution in [3.05, 3.63) is 119 Å². The number of aromatic nitrogens is 1. The maximum absolute atomic E-state index is 13.9. The molecule has 4 aromatic rings. The van der Waals surface area contributed by atoms with Crippen LogP contribution in [0.1, 0.15) is 60.7 Å². The van der Waals surface area contributed by atoms with Crippen molar-refractivity contribution >= 4 is 12.0 Å². The zero-order valence-corrected chi connectivity index (χ0v) is 24.0. The molecule has 0 aliphatic carbocycles. The van der Waals surface area contributed by atoms with Crippen LogP contribution in [0, 0.1) is 12.7 Å². The maximum Gasteiger partial charge on any atom is 0.308 e. The number of nitrogens with zero attached hydrogens (tertiary/aromatic N) is 1. The summed E-state index contributed by atoms with van der Waals surface area (Å²) in [5.41, 5.74) is 8.23. The fourth-order valence-electron chi connectivity index (χ4n) is 5.38. The number of aliphatic hydroxyl groups is 2. The zero-order chi connectivity index (χ0) is 29.5. The topological polar surface area (TPSA) is 71.7 Å². The van der Waals surface area contributed by atoms with Gasteiger partial charge >= 0.3 is 5.97 Å². The minimum absolute atomic E-state index is 0.00586. The van der Waals surface area contributed by atoms with Crippen molar-refractivity contribution < 1.29 is 24.1 Å². The van der Waals surface area contributed by atoms with Crippen LogP contribution >= 0.6 is 0 Å². The Morgan fingerprint density at radius 2 is 1.63 bits per heavy atom. The summed E-state index contributed by atoms with van der Waals surface area (Å²) >= 11 is 0. The Balaban J connectivity index is 1.85. The fourth-order valence-corrected chi connectivity index (χ4v) is 5.38. The van der Waals surface area contributed by atoms with Gasteiger partial charge in [0.15, 0.2) is 0 Å². The van der Waals surface area contributed by atoms with Crippen LogP contribution in [-0.4, -0.2) is 40.1 Å². The number of carbonyl (C=O) groups excluding carboxylic acids is 1. The number of hydrogen-bond donors (Lipinski definition) is 2. The molecule has 41 heavy (non-hydrogen) atoms. The molecule has 5 nitrogen and oxygen atoms in total. The molecule has 1 aromatic heterocycles. The highest BCUT2D eigenvalue weighted by molar-refractivity contribution is 5.81. The van der Waals surface area contributed by atoms with Crippen LogP contribution in [0.25, 0.3) is 22.9 Å². The van der Waals surface area contributed by atoms with E-state index in [1.165, 1.54) is 30.4 Å². The number of aliphatic hydroxyl groups excluding tert-OH is 2. The number of benzene rings is 3. The third-order valence-corrected chi connectivity index (χ3v) is 7.26. The second-order valence-electron chi connectivity index (χ2n) is 10.6. The molecule has 0 radical (unpaired) electrons. The van der Waals surface area contributed by atoms with E-state index in [1.807, 2.05) is 36.4 Å². The lowest BCUT2D eigenvalue weighted by Gasteiger charge is -2.19. The first-order valence-corrected chi connectivity index (χ1v) is 13.9. The number of para-hydroxylation sites is 1. The molecule has 3 aromatic carbocycles. The number of hydrogen-bond acceptors (Lipinski definition) is 4. The Hall–Kier alpha value is -4.00. The number of carbonyl (C=O) groups is 1. The molecule has 0 amide bonds. The van der Waals surface area contributed by atoms with E-state index in [9.17, 15) is 19.4 Å². The molecule has 4 rings (SSSR count). The highest BCUT2D eigenvalue weighted by Crippen LogP contribution is 2.40. The van der Waals surface area contributed by atoms with Crippen molar-refractivity contribution in [2.75, 3.05) is 7.11 Å². The van der Waals surface area contributed by atoms with Gasteiger partial charge in [0.25, 0.3) is 0 Å². The van der Waals surface area contributed by atoms with Crippen molar-refractivity contribution in [2.24, 2.45) is 0 Å². The van der Waals surface area contributed by atoms with Crippen molar-refractivity contribution in [2.45, 2.75) is 58.2 Å². The Kier molecular flexibility index (Phi) is 9.92. The highest BCUT2D eigenvalue weighted by atomic mass is 19.1. The van der Waals surface area contributed by atoms with E-state index in [0.717, 1.165) is 40.2 Å². The van der Waals surface area contributed by atoms with Crippen molar-refractivity contribution in [1.82, 2.24) is 4.57 Å². The number of methoxy groups -OCH3 is 1. The molecule has 214 valence electrons. The molecular formula is C35H38FNO4. The van der Waals surface area contributed by atoms with E-state index >= 15 is 0 Å². The summed E-state index contributed by atoms with van der Waals surface area (Å²) in [6.07, 6.45) is 2.09. The van der Waals surface area contributed by atoms with E-state index in [0.29, 0.717) is 0 Å². The lowest BCUT2D eigenvalue weighted by atomic mass is 9.96. The number of rotatable bonds is 11. The van der Waals surface area contributed by atoms with Crippen LogP contribution in [0.2, 0.25) is 0 Å². The average molecular weight is 556 g/mol. The van der Waals surface area contributed by atoms with Gasteiger partial charge in [-0.2, -0.15) is 0 Å². The summed E-state index contributed by atoms with van der Waals surface area (Å²) in [5.74, 6) is -0.735. The monoisotopic (exact) mass is 555 g/mol. The minimum Gasteiger partial charge on any atom is -0.469 e. The largest absolute Gasteiger partial charge is 0.469 e. The van der Waals surface area contributed by atoms with E-state index in [2.05, 4.69) is 54.3 Å². The third kappa shape index (κ3) is 7.20. The average Bonchev–Trinajstić information content (AvgIpc) is 3.25. The minimum atomic E-state index is -1.03. The van der Waals surface area contributed by atoms with Gasteiger partial charge in [-0.1, -0.05) is 86.7 Å². The van der Waals surface area contributed by atoms with Gasteiger partial charge in [-0.05, 0) is 54.2 Å². The molecule has 2 unspecified atom stereocenters. The molecule has 0 saturated carbocycles. The van der Waals surface area contributed by atoms with Crippen LogP contribution < -0.4 is 0 Å². The lowest BCUT2D eigenvalue weighted by molar-refractivity contribution is -0.143. The normalized spacial score (nSPS) is 13.1. The number of esters is 1. The molecule has 0 spiro atoms. The molecule has 0 fully saturated rings. The maximum atomic E-state index is 13.9. The smallest absolute Gasteiger partial charge is 0.308 e. The van der Waals surface area contributed by atoms with Crippen LogP contribution in [0.4, 0.5) is 4.39 Å². The van der Waals surface area contributed by atoms with E-state index < -0.39 is 18.2 Å². The van der Waals surface area contributed by atoms with Crippen molar-refractivity contribution in [1.29, 1.82) is 0 Å². The van der Waals surface area contributed by atoms with Gasteiger partial charge in [0, 0.05) is 34.6 Å². The van der Waals surface area contributed by atoms with Gasteiger partial charge < -0.3 is 19.5 Å². The molecule has 2 atom stereocenters. The van der Waals surface area contributed by atoms with Gasteiger partial charge in [0.05, 0.1) is 25.7 Å². The van der Waals surface area contributed by atoms with Crippen LogP contribution in [0.5, 0.6) is 0 Å². The molecule has 0 aliphatic rings. The first kappa shape index (κ1) is 30.0. The van der Waals surface area contributed by atoms with Gasteiger partial charge in [0.2, 0.25) is 0 Å². The molecule has 0 saturated heterocycles. The van der Waals surface area contributed by atoms with Crippen molar-refractivity contribution in [3.63, 3.8) is 0 Å². The molecule has 6 heteroatoms. The summed E-state index contributed by atoms with van der Waals surface area (Å²) in [6.45, 7) is 6.33. The lowest BCUT2D eigenvalue weighted by Crippen LogP contribution is -2.20. The second-order valence-corrected chi connectivity index (χ2v) is 10.6. The van der Waals surface area contributed by atoms with E-state index in [-0.39, 0.29) is 24.6 Å². The van der Waals surface area contributed by atoms with Gasteiger partial charge in [0.1, 0.15) is 5.82 Å². The second kappa shape index (κ2) is 13.6. The molecule has 1 heterocycles. The fraction of sp³-hybridized carbons (Fsp3) is 0.286. The summed E-state index contributed by atoms with van der Waals surface area (Å²) < 4.78 is 20.8. The Morgan fingerprint density at radius 1 is 0.976 bits per heavy atom. The Labute approximate surface area is 241 Å². The highest BCUT2D eigenvalue weighted by Gasteiger charge is 2.25. The van der Waals surface area contributed by atoms with Gasteiger partial charge in [-0.3, -0.25) is 4.79 Å². The summed E-state index contributed by atoms with van der Waals surface area (Å²) in [5, 5.41) is 21.0. The predicted molar refractivity (Wildman–Crippen MR) is 162 cm³/mol. The molecular weight excluding hydrogens is 517 g/mol. The first-order chi connectivity index (χ1) is 19.7. The number of halogens is 1. The van der Waals surface area contributed by atoms with Crippen LogP contribution in [0.3, 0.4) is 0 Å². The predicted octanol–water partition coefficient (Wildman–Crippen LogP) is 6.99. The SMILES string of the molecule is COC(=O)CC(O)CC(O)/C=C/c1c(-c2ccc(F)cc2)c(C)n(-c2ccccc2Cc2ccccc2)c1C(C)C. The Morgan fingerprint density at radius 3 is 2.29 bits per heavy atom. The van der Waals surface area contributed by atoms with Gasteiger partial charge in [-0.15, -0.1) is 0 Å². The zero-order valence-electron chi connectivity index (χ0n) is 24.0. The van der Waals surface area contributed by atoms with Crippen LogP contribution in [0.15, 0.2) is 84.9 Å². The summed E-state index contributed by atoms with van der Waals surface area (Å²) in [6, 6.07) is 25.1. The molecule has 2 N–H and O–H groups in total. The molecule has 0 bridgehead atoms. The first-order valence-electron chi connectivity index (χ1n) is 13.9. The van der Waals surface area contributed by atoms with Crippen molar-refractivity contribution in [3.8, 4) is 16.8 Å². The quantitative estimate of drug-likeness (QED) is 0.196. The standard InChI is InChI=1S/C35H38FNO4/c1-23(2)35-31(19-18-29(38)21-30(39)22-33(40)41-4)34(26-14-16-28(36)17-15-26)24(3)37(35)32-13-9-8-12-27(32)20-25-10-6-5-7-11-25/h5-19,23,29-30,38-39H,20-22H2,1-4H3/b19-18+. The third-order valence-electron chi connectivity index (χ3n) is 7.26.